The molecule has 5 rings (SSSR count). The lowest BCUT2D eigenvalue weighted by atomic mass is 9.89. The molecule has 2 aliphatic rings. The monoisotopic (exact) mass is 480 g/mol. The van der Waals surface area contributed by atoms with Crippen LogP contribution in [0.15, 0.2) is 24.3 Å². The van der Waals surface area contributed by atoms with E-state index in [4.69, 9.17) is 26.3 Å². The predicted molar refractivity (Wildman–Crippen MR) is 135 cm³/mol. The number of nitrogens with zero attached hydrogens (tertiary/aromatic N) is 8. The first-order valence-electron chi connectivity index (χ1n) is 10.9. The average molecular weight is 480 g/mol. The van der Waals surface area contributed by atoms with Crippen molar-refractivity contribution in [2.24, 2.45) is 0 Å². The van der Waals surface area contributed by atoms with Gasteiger partial charge in [-0.15, -0.1) is 0 Å². The fraction of sp³-hybridized carbons (Fsp3) is 0.0667. The van der Waals surface area contributed by atoms with Crippen LogP contribution in [0, 0.1) is 71.6 Å². The summed E-state index contributed by atoms with van der Waals surface area (Å²) >= 11 is 0. The van der Waals surface area contributed by atoms with E-state index in [0.29, 0.717) is 50.1 Å². The van der Waals surface area contributed by atoms with E-state index >= 15 is 0 Å². The quantitative estimate of drug-likeness (QED) is 0.297. The SMILES string of the molecule is [C-]#[N+]/C(C#N)=c1/c2c(/c(=C(\C#N)[N+]#[C-])c3c1-c1c([N+]#[C-])ccc([N+]#[C-])c1C3)-c1c(C#N)ccc(C#N)c1C2. The van der Waals surface area contributed by atoms with Gasteiger partial charge in [0.15, 0.2) is 11.4 Å². The van der Waals surface area contributed by atoms with E-state index in [2.05, 4.69) is 31.5 Å². The molecule has 0 aliphatic heterocycles. The van der Waals surface area contributed by atoms with E-state index in [-0.39, 0.29) is 51.6 Å². The van der Waals surface area contributed by atoms with Crippen molar-refractivity contribution in [3.63, 3.8) is 0 Å². The van der Waals surface area contributed by atoms with Gasteiger partial charge >= 0.3 is 0 Å². The topological polar surface area (TPSA) is 113 Å². The maximum absolute atomic E-state index is 9.99. The molecule has 0 saturated carbocycles. The number of hydrogen-bond acceptors (Lipinski definition) is 4. The fourth-order valence-electron chi connectivity index (χ4n) is 5.50. The molecule has 0 spiro atoms. The van der Waals surface area contributed by atoms with Crippen LogP contribution in [0.4, 0.5) is 11.4 Å². The van der Waals surface area contributed by atoms with Gasteiger partial charge in [0.05, 0.1) is 61.7 Å². The van der Waals surface area contributed by atoms with Crippen molar-refractivity contribution in [2.45, 2.75) is 12.8 Å². The Balaban J connectivity index is 2.21. The molecule has 3 aromatic carbocycles. The molecule has 0 amide bonds. The lowest BCUT2D eigenvalue weighted by Crippen LogP contribution is -2.25. The van der Waals surface area contributed by atoms with Gasteiger partial charge in [-0.25, -0.2) is 29.9 Å². The van der Waals surface area contributed by atoms with Crippen molar-refractivity contribution in [1.82, 2.24) is 0 Å². The first kappa shape index (κ1) is 23.1. The fourth-order valence-corrected chi connectivity index (χ4v) is 5.50. The summed E-state index contributed by atoms with van der Waals surface area (Å²) in [7, 11) is 0. The highest BCUT2D eigenvalue weighted by molar-refractivity contribution is 5.99. The maximum atomic E-state index is 9.99. The molecule has 168 valence electrons. The Hall–Kier alpha value is -6.68. The van der Waals surface area contributed by atoms with E-state index in [1.807, 2.05) is 12.1 Å². The largest absolute Gasteiger partial charge is 0.269 e. The van der Waals surface area contributed by atoms with E-state index < -0.39 is 0 Å². The Bertz CT molecular complexity index is 1970. The Kier molecular flexibility index (Phi) is 5.17. The molecule has 0 unspecified atom stereocenters. The third kappa shape index (κ3) is 2.82. The highest BCUT2D eigenvalue weighted by atomic mass is 14.7. The third-order valence-electron chi connectivity index (χ3n) is 6.88. The normalized spacial score (nSPS) is 12.6. The third-order valence-corrected chi connectivity index (χ3v) is 6.88. The second kappa shape index (κ2) is 8.52. The summed E-state index contributed by atoms with van der Waals surface area (Å²) in [6.45, 7) is 30.9. The van der Waals surface area contributed by atoms with Crippen LogP contribution in [-0.2, 0) is 12.8 Å². The Morgan fingerprint density at radius 1 is 0.579 bits per heavy atom. The zero-order chi connectivity index (χ0) is 27.1. The van der Waals surface area contributed by atoms with Crippen LogP contribution in [0.5, 0.6) is 0 Å². The molecular formula is C30H8N8. The zero-order valence-corrected chi connectivity index (χ0v) is 19.3. The number of benzene rings is 3. The van der Waals surface area contributed by atoms with Gasteiger partial charge in [0.2, 0.25) is 0 Å². The Morgan fingerprint density at radius 2 is 1.08 bits per heavy atom. The van der Waals surface area contributed by atoms with Crippen LogP contribution in [-0.4, -0.2) is 0 Å². The average Bonchev–Trinajstić information content (AvgIpc) is 3.54. The van der Waals surface area contributed by atoms with E-state index in [1.54, 1.807) is 0 Å². The van der Waals surface area contributed by atoms with Crippen LogP contribution in [0.1, 0.15) is 33.4 Å². The number of hydrogen-bond donors (Lipinski definition) is 0. The summed E-state index contributed by atoms with van der Waals surface area (Å²) in [5.41, 5.74) is 3.96. The van der Waals surface area contributed by atoms with E-state index in [0.717, 1.165) is 0 Å². The van der Waals surface area contributed by atoms with Gasteiger partial charge in [-0.3, -0.25) is 0 Å². The molecule has 0 N–H and O–H groups in total. The molecule has 3 aromatic rings. The number of fused-ring (bicyclic) bond motifs is 6. The minimum atomic E-state index is -0.258. The van der Waals surface area contributed by atoms with E-state index in [9.17, 15) is 21.0 Å². The molecule has 8 heteroatoms. The second-order valence-electron chi connectivity index (χ2n) is 8.37. The van der Waals surface area contributed by atoms with Crippen molar-refractivity contribution in [2.75, 3.05) is 0 Å². The molecule has 0 fully saturated rings. The lowest BCUT2D eigenvalue weighted by molar-refractivity contribution is 1.19. The summed E-state index contributed by atoms with van der Waals surface area (Å²) in [5, 5.41) is 40.2. The van der Waals surface area contributed by atoms with Crippen molar-refractivity contribution >= 4 is 22.8 Å². The summed E-state index contributed by atoms with van der Waals surface area (Å²) < 4.78 is 0. The van der Waals surface area contributed by atoms with Gasteiger partial charge in [-0.2, -0.15) is 10.5 Å². The van der Waals surface area contributed by atoms with Crippen molar-refractivity contribution < 1.29 is 0 Å². The van der Waals surface area contributed by atoms with Crippen LogP contribution in [0.2, 0.25) is 0 Å². The summed E-state index contributed by atoms with van der Waals surface area (Å²) in [4.78, 5) is 14.2. The molecule has 0 saturated heterocycles. The highest BCUT2D eigenvalue weighted by Gasteiger charge is 2.35. The van der Waals surface area contributed by atoms with Gasteiger partial charge in [0.25, 0.3) is 11.4 Å². The van der Waals surface area contributed by atoms with E-state index in [1.165, 1.54) is 24.3 Å². The highest BCUT2D eigenvalue weighted by Crippen LogP contribution is 2.48. The molecule has 0 bridgehead atoms. The molecule has 0 atom stereocenters. The maximum Gasteiger partial charge on any atom is 0.269 e. The molecule has 2 aliphatic carbocycles. The molecule has 0 heterocycles. The van der Waals surface area contributed by atoms with Gasteiger partial charge in [-0.1, -0.05) is 12.1 Å². The molecule has 38 heavy (non-hydrogen) atoms. The Labute approximate surface area is 217 Å². The van der Waals surface area contributed by atoms with Gasteiger partial charge in [-0.05, 0) is 63.9 Å². The van der Waals surface area contributed by atoms with Gasteiger partial charge in [0, 0.05) is 16.0 Å². The smallest absolute Gasteiger partial charge is 0.238 e. The second-order valence-corrected chi connectivity index (χ2v) is 8.37. The summed E-state index contributed by atoms with van der Waals surface area (Å²) in [5.74, 6) is 0. The molecule has 0 radical (unpaired) electrons. The molecule has 0 aromatic heterocycles. The zero-order valence-electron chi connectivity index (χ0n) is 19.3. The van der Waals surface area contributed by atoms with Crippen molar-refractivity contribution in [3.8, 4) is 46.5 Å². The minimum Gasteiger partial charge on any atom is -0.238 e. The van der Waals surface area contributed by atoms with Crippen LogP contribution in [0.3, 0.4) is 0 Å². The number of rotatable bonds is 0. The first-order chi connectivity index (χ1) is 18.5. The van der Waals surface area contributed by atoms with Gasteiger partial charge < -0.3 is 0 Å². The standard InChI is InChI=1S/C30H8N8/c1-35-21-7-8-22(36-2)26-18(21)10-20-27(23(13-33)37-3)29-19(28(30(20)26)24(14-34)38-4)9-17-15(11-31)5-6-16(12-32)25(17)29/h5-8H,9-10H2/b27-23+,28-24-. The predicted octanol–water partition coefficient (Wildman–Crippen LogP) is 4.78. The molecular weight excluding hydrogens is 472 g/mol. The minimum absolute atomic E-state index is 0.0846. The van der Waals surface area contributed by atoms with Crippen LogP contribution >= 0.6 is 0 Å². The lowest BCUT2D eigenvalue weighted by Gasteiger charge is -2.14. The van der Waals surface area contributed by atoms with Crippen LogP contribution < -0.4 is 10.4 Å². The van der Waals surface area contributed by atoms with Crippen molar-refractivity contribution in [3.05, 3.63) is 114 Å². The number of nitriles is 4. The van der Waals surface area contributed by atoms with Crippen molar-refractivity contribution in [1.29, 1.82) is 21.0 Å². The first-order valence-corrected chi connectivity index (χ1v) is 10.9. The Morgan fingerprint density at radius 3 is 1.58 bits per heavy atom. The molecule has 8 nitrogen and oxygen atoms in total. The van der Waals surface area contributed by atoms with Gasteiger partial charge in [0.1, 0.15) is 0 Å². The van der Waals surface area contributed by atoms with Crippen LogP contribution in [0.25, 0.3) is 53.0 Å². The summed E-state index contributed by atoms with van der Waals surface area (Å²) in [6.07, 6.45) is 0.176. The summed E-state index contributed by atoms with van der Waals surface area (Å²) in [6, 6.07) is 14.2.